The predicted octanol–water partition coefficient (Wildman–Crippen LogP) is 2.33. The molecule has 0 aromatic heterocycles. The van der Waals surface area contributed by atoms with Gasteiger partial charge in [0, 0.05) is 0 Å². The fourth-order valence-corrected chi connectivity index (χ4v) is 1.66. The normalized spacial score (nSPS) is 13.6. The highest BCUT2D eigenvalue weighted by molar-refractivity contribution is 5.77. The fraction of sp³-hybridized carbons (Fsp3) is 0.385. The average molecular weight is 217 g/mol. The minimum Gasteiger partial charge on any atom is -0.468 e. The summed E-state index contributed by atoms with van der Waals surface area (Å²) in [4.78, 5) is 15.0. The third kappa shape index (κ3) is 2.83. The van der Waals surface area contributed by atoms with Gasteiger partial charge in [0.05, 0.1) is 7.11 Å². The number of rotatable bonds is 4. The molecule has 0 saturated carbocycles. The molecule has 0 bridgehead atoms. The molecule has 1 unspecified atom stereocenters. The summed E-state index contributed by atoms with van der Waals surface area (Å²) in [5.41, 5.74) is 0.289. The van der Waals surface area contributed by atoms with Crippen molar-refractivity contribution in [1.82, 2.24) is 0 Å². The number of nitrogens with zero attached hydrogens (tertiary/aromatic N) is 1. The van der Waals surface area contributed by atoms with E-state index < -0.39 is 5.41 Å². The zero-order valence-electron chi connectivity index (χ0n) is 9.56. The molecule has 0 spiro atoms. The fourth-order valence-electron chi connectivity index (χ4n) is 1.66. The zero-order chi connectivity index (χ0) is 12.0. The smallest absolute Gasteiger partial charge is 0.319 e. The van der Waals surface area contributed by atoms with E-state index in [1.165, 1.54) is 7.11 Å². The Morgan fingerprint density at radius 3 is 2.56 bits per heavy atom. The second-order valence-electron chi connectivity index (χ2n) is 4.03. The Balaban J connectivity index is 2.88. The van der Waals surface area contributed by atoms with Crippen LogP contribution in [0, 0.1) is 12.0 Å². The Kier molecular flexibility index (Phi) is 4.07. The van der Waals surface area contributed by atoms with Crippen LogP contribution in [0.15, 0.2) is 30.3 Å². The van der Waals surface area contributed by atoms with Crippen LogP contribution in [0.3, 0.4) is 0 Å². The molecule has 0 aliphatic heterocycles. The van der Waals surface area contributed by atoms with Crippen molar-refractivity contribution < 1.29 is 9.53 Å². The summed E-state index contributed by atoms with van der Waals surface area (Å²) in [6.45, 7) is 8.82. The molecule has 0 fully saturated rings. The van der Waals surface area contributed by atoms with Gasteiger partial charge >= 0.3 is 5.97 Å². The molecule has 1 aromatic carbocycles. The topological polar surface area (TPSA) is 30.7 Å². The highest BCUT2D eigenvalue weighted by Crippen LogP contribution is 2.24. The van der Waals surface area contributed by atoms with Crippen molar-refractivity contribution >= 4 is 5.97 Å². The summed E-state index contributed by atoms with van der Waals surface area (Å²) < 4.78 is 4.76. The number of carbonyl (C=O) groups is 1. The van der Waals surface area contributed by atoms with E-state index in [1.54, 1.807) is 6.92 Å². The van der Waals surface area contributed by atoms with Crippen LogP contribution in [-0.2, 0) is 16.0 Å². The third-order valence-corrected chi connectivity index (χ3v) is 2.54. The number of carbonyl (C=O) groups excluding carboxylic acids is 1. The van der Waals surface area contributed by atoms with Gasteiger partial charge in [0.25, 0.3) is 0 Å². The molecule has 0 N–H and O–H groups in total. The van der Waals surface area contributed by atoms with E-state index in [0.29, 0.717) is 6.42 Å². The number of ether oxygens (including phenoxy) is 1. The summed E-state index contributed by atoms with van der Waals surface area (Å²) >= 11 is 0. The molecule has 0 amide bonds. The Bertz CT molecular complexity index is 394. The molecular formula is C13H15NO2. The lowest BCUT2D eigenvalue weighted by atomic mass is 9.83. The number of methoxy groups -OCH3 is 1. The molecule has 0 aliphatic carbocycles. The number of hydrogen-bond acceptors (Lipinski definition) is 2. The van der Waals surface area contributed by atoms with Crippen LogP contribution in [0.25, 0.3) is 4.85 Å². The first-order valence-electron chi connectivity index (χ1n) is 5.08. The van der Waals surface area contributed by atoms with Crippen LogP contribution in [0.2, 0.25) is 0 Å². The maximum absolute atomic E-state index is 11.7. The first-order valence-corrected chi connectivity index (χ1v) is 5.08. The first-order chi connectivity index (χ1) is 7.62. The maximum Gasteiger partial charge on any atom is 0.319 e. The summed E-state index contributed by atoms with van der Waals surface area (Å²) in [7, 11) is 1.36. The summed E-state index contributed by atoms with van der Waals surface area (Å²) in [6, 6.07) is 9.67. The Labute approximate surface area is 95.9 Å². The second-order valence-corrected chi connectivity index (χ2v) is 4.03. The lowest BCUT2D eigenvalue weighted by molar-refractivity contribution is -0.150. The van der Waals surface area contributed by atoms with Crippen LogP contribution in [0.1, 0.15) is 12.5 Å². The van der Waals surface area contributed by atoms with Crippen molar-refractivity contribution in [3.63, 3.8) is 0 Å². The van der Waals surface area contributed by atoms with Crippen LogP contribution in [-0.4, -0.2) is 19.6 Å². The lowest BCUT2D eigenvalue weighted by Gasteiger charge is -2.20. The molecule has 3 heteroatoms. The van der Waals surface area contributed by atoms with Gasteiger partial charge in [0.2, 0.25) is 6.54 Å². The van der Waals surface area contributed by atoms with Gasteiger partial charge in [-0.2, -0.15) is 0 Å². The van der Waals surface area contributed by atoms with Gasteiger partial charge < -0.3 is 9.58 Å². The lowest BCUT2D eigenvalue weighted by Crippen LogP contribution is -2.34. The summed E-state index contributed by atoms with van der Waals surface area (Å²) in [5.74, 6) is -0.327. The SMILES string of the molecule is [C-]#[N+]CC(C)(Cc1ccccc1)C(=O)OC. The molecule has 0 aliphatic rings. The highest BCUT2D eigenvalue weighted by Gasteiger charge is 2.38. The second kappa shape index (κ2) is 5.32. The monoisotopic (exact) mass is 217 g/mol. The predicted molar refractivity (Wildman–Crippen MR) is 61.7 cm³/mol. The van der Waals surface area contributed by atoms with Gasteiger partial charge in [-0.3, -0.25) is 4.79 Å². The van der Waals surface area contributed by atoms with Gasteiger partial charge in [0.1, 0.15) is 5.41 Å². The van der Waals surface area contributed by atoms with Crippen LogP contribution in [0.4, 0.5) is 0 Å². The van der Waals surface area contributed by atoms with Crippen LogP contribution >= 0.6 is 0 Å². The van der Waals surface area contributed by atoms with Gasteiger partial charge in [-0.05, 0) is 18.9 Å². The average Bonchev–Trinajstić information content (AvgIpc) is 2.29. The van der Waals surface area contributed by atoms with E-state index in [4.69, 9.17) is 11.3 Å². The van der Waals surface area contributed by atoms with Crippen molar-refractivity contribution in [1.29, 1.82) is 0 Å². The molecule has 0 saturated heterocycles. The van der Waals surface area contributed by atoms with Crippen LogP contribution < -0.4 is 0 Å². The van der Waals surface area contributed by atoms with Gasteiger partial charge in [0.15, 0.2) is 0 Å². The Morgan fingerprint density at radius 2 is 2.06 bits per heavy atom. The zero-order valence-corrected chi connectivity index (χ0v) is 9.56. The molecular weight excluding hydrogens is 202 g/mol. The van der Waals surface area contributed by atoms with Crippen LogP contribution in [0.5, 0.6) is 0 Å². The number of hydrogen-bond donors (Lipinski definition) is 0. The minimum absolute atomic E-state index is 0.147. The highest BCUT2D eigenvalue weighted by atomic mass is 16.5. The molecule has 84 valence electrons. The Morgan fingerprint density at radius 1 is 1.44 bits per heavy atom. The van der Waals surface area contributed by atoms with Gasteiger partial charge in [-0.25, -0.2) is 6.57 Å². The van der Waals surface area contributed by atoms with E-state index in [0.717, 1.165) is 5.56 Å². The molecule has 3 nitrogen and oxygen atoms in total. The van der Waals surface area contributed by atoms with E-state index in [-0.39, 0.29) is 12.5 Å². The Hall–Kier alpha value is -1.82. The van der Waals surface area contributed by atoms with E-state index in [1.807, 2.05) is 30.3 Å². The number of esters is 1. The first kappa shape index (κ1) is 12.3. The molecule has 1 rings (SSSR count). The van der Waals surface area contributed by atoms with Crippen molar-refractivity contribution in [3.8, 4) is 0 Å². The van der Waals surface area contributed by atoms with Crippen molar-refractivity contribution in [2.45, 2.75) is 13.3 Å². The van der Waals surface area contributed by atoms with Gasteiger partial charge in [-0.1, -0.05) is 30.3 Å². The standard InChI is InChI=1S/C13H15NO2/c1-13(10-14-2,12(15)16-3)9-11-7-5-4-6-8-11/h4-8H,9-10H2,1,3H3. The van der Waals surface area contributed by atoms with E-state index in [2.05, 4.69) is 4.85 Å². The quantitative estimate of drug-likeness (QED) is 0.572. The largest absolute Gasteiger partial charge is 0.468 e. The van der Waals surface area contributed by atoms with E-state index in [9.17, 15) is 4.79 Å². The molecule has 16 heavy (non-hydrogen) atoms. The molecule has 0 radical (unpaired) electrons. The summed E-state index contributed by atoms with van der Waals surface area (Å²) in [5, 5.41) is 0. The maximum atomic E-state index is 11.7. The van der Waals surface area contributed by atoms with Gasteiger partial charge in [-0.15, -0.1) is 0 Å². The third-order valence-electron chi connectivity index (χ3n) is 2.54. The van der Waals surface area contributed by atoms with Crippen molar-refractivity contribution in [3.05, 3.63) is 47.3 Å². The molecule has 1 atom stereocenters. The summed E-state index contributed by atoms with van der Waals surface area (Å²) in [6.07, 6.45) is 0.531. The van der Waals surface area contributed by atoms with Crippen molar-refractivity contribution in [2.75, 3.05) is 13.7 Å². The molecule has 0 heterocycles. The van der Waals surface area contributed by atoms with E-state index >= 15 is 0 Å². The molecule has 1 aromatic rings. The minimum atomic E-state index is -0.752. The number of benzene rings is 1. The van der Waals surface area contributed by atoms with Crippen molar-refractivity contribution in [2.24, 2.45) is 5.41 Å².